The van der Waals surface area contributed by atoms with Gasteiger partial charge < -0.3 is 14.8 Å². The quantitative estimate of drug-likeness (QED) is 0.617. The van der Waals surface area contributed by atoms with E-state index in [9.17, 15) is 14.4 Å². The highest BCUT2D eigenvalue weighted by atomic mass is 16.5. The van der Waals surface area contributed by atoms with E-state index >= 15 is 0 Å². The summed E-state index contributed by atoms with van der Waals surface area (Å²) in [6.07, 6.45) is 4.27. The number of benzene rings is 2. The third-order valence-corrected chi connectivity index (χ3v) is 5.43. The van der Waals surface area contributed by atoms with Gasteiger partial charge >= 0.3 is 11.9 Å². The lowest BCUT2D eigenvalue weighted by atomic mass is 10.1. The summed E-state index contributed by atoms with van der Waals surface area (Å²) >= 11 is 0. The maximum absolute atomic E-state index is 12.7. The van der Waals surface area contributed by atoms with Crippen LogP contribution in [0.15, 0.2) is 54.6 Å². The van der Waals surface area contributed by atoms with Gasteiger partial charge in [0.15, 0.2) is 0 Å². The summed E-state index contributed by atoms with van der Waals surface area (Å²) in [4.78, 5) is 41.0. The van der Waals surface area contributed by atoms with Gasteiger partial charge in [0.2, 0.25) is 5.91 Å². The van der Waals surface area contributed by atoms with Gasteiger partial charge in [0, 0.05) is 32.7 Å². The molecular formula is C25H29N3O5. The highest BCUT2D eigenvalue weighted by Crippen LogP contribution is 2.20. The van der Waals surface area contributed by atoms with Crippen molar-refractivity contribution in [1.29, 1.82) is 0 Å². The van der Waals surface area contributed by atoms with Gasteiger partial charge in [-0.15, -0.1) is 0 Å². The molecule has 0 unspecified atom stereocenters. The lowest BCUT2D eigenvalue weighted by molar-refractivity contribution is -0.117. The number of hydrogen-bond donors (Lipinski definition) is 1. The van der Waals surface area contributed by atoms with Gasteiger partial charge in [0.25, 0.3) is 0 Å². The van der Waals surface area contributed by atoms with Crippen molar-refractivity contribution >= 4 is 29.6 Å². The molecule has 33 heavy (non-hydrogen) atoms. The fourth-order valence-electron chi connectivity index (χ4n) is 3.61. The van der Waals surface area contributed by atoms with Gasteiger partial charge in [-0.2, -0.15) is 0 Å². The van der Waals surface area contributed by atoms with Gasteiger partial charge in [-0.05, 0) is 23.8 Å². The summed E-state index contributed by atoms with van der Waals surface area (Å²) in [7, 11) is 2.53. The van der Waals surface area contributed by atoms with Gasteiger partial charge in [0.1, 0.15) is 0 Å². The predicted molar refractivity (Wildman–Crippen MR) is 126 cm³/mol. The number of anilines is 1. The molecule has 0 radical (unpaired) electrons. The number of methoxy groups -OCH3 is 2. The second-order valence-electron chi connectivity index (χ2n) is 7.68. The van der Waals surface area contributed by atoms with Crippen LogP contribution in [0.5, 0.6) is 0 Å². The van der Waals surface area contributed by atoms with E-state index < -0.39 is 11.9 Å². The molecule has 2 aromatic rings. The Balaban J connectivity index is 1.52. The summed E-state index contributed by atoms with van der Waals surface area (Å²) in [6.45, 7) is 4.29. The van der Waals surface area contributed by atoms with E-state index in [2.05, 4.69) is 39.4 Å². The highest BCUT2D eigenvalue weighted by molar-refractivity contribution is 6.03. The monoisotopic (exact) mass is 451 g/mol. The summed E-state index contributed by atoms with van der Waals surface area (Å²) < 4.78 is 9.50. The molecule has 1 aliphatic rings. The minimum absolute atomic E-state index is 0.175. The first-order valence-electron chi connectivity index (χ1n) is 10.8. The molecule has 2 aromatic carbocycles. The van der Waals surface area contributed by atoms with Crippen molar-refractivity contribution in [3.05, 3.63) is 71.3 Å². The largest absolute Gasteiger partial charge is 0.465 e. The minimum Gasteiger partial charge on any atom is -0.465 e. The van der Waals surface area contributed by atoms with E-state index in [0.29, 0.717) is 0 Å². The summed E-state index contributed by atoms with van der Waals surface area (Å²) in [6, 6.07) is 14.5. The summed E-state index contributed by atoms with van der Waals surface area (Å²) in [5.41, 5.74) is 1.81. The van der Waals surface area contributed by atoms with Gasteiger partial charge in [-0.3, -0.25) is 14.6 Å². The molecule has 0 aromatic heterocycles. The van der Waals surface area contributed by atoms with Gasteiger partial charge in [-0.25, -0.2) is 9.59 Å². The molecule has 0 atom stereocenters. The normalized spacial score (nSPS) is 14.7. The molecule has 0 aliphatic carbocycles. The first-order chi connectivity index (χ1) is 16.0. The molecule has 174 valence electrons. The standard InChI is InChI=1S/C25H29N3O5/c1-32-24(30)20-10-11-21(25(31)33-2)22(17-20)26-23(29)18-28-15-13-27(14-16-28)12-6-9-19-7-4-3-5-8-19/h3-11,17H,12-16,18H2,1-2H3,(H,26,29)/b9-6+. The van der Waals surface area contributed by atoms with Crippen molar-refractivity contribution < 1.29 is 23.9 Å². The zero-order valence-corrected chi connectivity index (χ0v) is 19.0. The number of amides is 1. The van der Waals surface area contributed by atoms with Gasteiger partial charge in [0.05, 0.1) is 37.6 Å². The molecule has 1 fully saturated rings. The van der Waals surface area contributed by atoms with Crippen molar-refractivity contribution in [3.8, 4) is 0 Å². The number of carbonyl (C=O) groups is 3. The Kier molecular flexibility index (Phi) is 8.74. The summed E-state index contributed by atoms with van der Waals surface area (Å²) in [5, 5.41) is 2.74. The zero-order valence-electron chi connectivity index (χ0n) is 19.0. The minimum atomic E-state index is -0.598. The Hall–Kier alpha value is -3.49. The Morgan fingerprint density at radius 2 is 1.58 bits per heavy atom. The number of nitrogens with zero attached hydrogens (tertiary/aromatic N) is 2. The Morgan fingerprint density at radius 1 is 0.909 bits per heavy atom. The van der Waals surface area contributed by atoms with Crippen LogP contribution in [0.1, 0.15) is 26.3 Å². The number of carbonyl (C=O) groups excluding carboxylic acids is 3. The molecule has 8 heteroatoms. The number of piperazine rings is 1. The molecule has 1 aliphatic heterocycles. The molecule has 8 nitrogen and oxygen atoms in total. The van der Waals surface area contributed by atoms with Crippen LogP contribution in [-0.4, -0.2) is 81.1 Å². The Bertz CT molecular complexity index is 998. The van der Waals surface area contributed by atoms with Crippen LogP contribution >= 0.6 is 0 Å². The smallest absolute Gasteiger partial charge is 0.339 e. The molecule has 1 N–H and O–H groups in total. The van der Waals surface area contributed by atoms with Crippen LogP contribution in [0.4, 0.5) is 5.69 Å². The second kappa shape index (κ2) is 11.9. The first-order valence-corrected chi connectivity index (χ1v) is 10.8. The molecule has 1 heterocycles. The topological polar surface area (TPSA) is 88.2 Å². The van der Waals surface area contributed by atoms with E-state index in [0.717, 1.165) is 32.7 Å². The summed E-state index contributed by atoms with van der Waals surface area (Å²) in [5.74, 6) is -1.42. The number of nitrogens with one attached hydrogen (secondary N) is 1. The van der Waals surface area contributed by atoms with Crippen molar-refractivity contribution in [2.24, 2.45) is 0 Å². The number of rotatable bonds is 8. The van der Waals surface area contributed by atoms with E-state index in [4.69, 9.17) is 9.47 Å². The lowest BCUT2D eigenvalue weighted by Gasteiger charge is -2.33. The highest BCUT2D eigenvalue weighted by Gasteiger charge is 2.21. The first kappa shape index (κ1) is 24.2. The van der Waals surface area contributed by atoms with Crippen molar-refractivity contribution in [3.63, 3.8) is 0 Å². The molecule has 0 saturated carbocycles. The molecule has 0 spiro atoms. The molecule has 1 saturated heterocycles. The van der Waals surface area contributed by atoms with Crippen molar-refractivity contribution in [2.45, 2.75) is 0 Å². The number of esters is 2. The van der Waals surface area contributed by atoms with E-state index in [1.165, 1.54) is 38.0 Å². The number of hydrogen-bond acceptors (Lipinski definition) is 7. The van der Waals surface area contributed by atoms with Crippen molar-refractivity contribution in [1.82, 2.24) is 9.80 Å². The third-order valence-electron chi connectivity index (χ3n) is 5.43. The fourth-order valence-corrected chi connectivity index (χ4v) is 3.61. The van der Waals surface area contributed by atoms with E-state index in [1.807, 2.05) is 18.2 Å². The average Bonchev–Trinajstić information content (AvgIpc) is 2.84. The number of ether oxygens (including phenoxy) is 2. The third kappa shape index (κ3) is 7.00. The van der Waals surface area contributed by atoms with Crippen LogP contribution in [0.25, 0.3) is 6.08 Å². The van der Waals surface area contributed by atoms with E-state index in [-0.39, 0.29) is 29.3 Å². The maximum atomic E-state index is 12.7. The molecular weight excluding hydrogens is 422 g/mol. The van der Waals surface area contributed by atoms with Crippen LogP contribution < -0.4 is 5.32 Å². The van der Waals surface area contributed by atoms with Crippen LogP contribution in [0, 0.1) is 0 Å². The van der Waals surface area contributed by atoms with E-state index in [1.54, 1.807) is 0 Å². The Labute approximate surface area is 193 Å². The average molecular weight is 452 g/mol. The SMILES string of the molecule is COC(=O)c1ccc(C(=O)OC)c(NC(=O)CN2CCN(C/C=C/c3ccccc3)CC2)c1. The molecule has 3 rings (SSSR count). The molecule has 1 amide bonds. The van der Waals surface area contributed by atoms with Crippen LogP contribution in [0.3, 0.4) is 0 Å². The zero-order chi connectivity index (χ0) is 23.6. The maximum Gasteiger partial charge on any atom is 0.339 e. The fraction of sp³-hybridized carbons (Fsp3) is 0.320. The van der Waals surface area contributed by atoms with Crippen molar-refractivity contribution in [2.75, 3.05) is 58.8 Å². The van der Waals surface area contributed by atoms with Gasteiger partial charge in [-0.1, -0.05) is 42.5 Å². The second-order valence-corrected chi connectivity index (χ2v) is 7.68. The lowest BCUT2D eigenvalue weighted by Crippen LogP contribution is -2.48. The van der Waals surface area contributed by atoms with Crippen LogP contribution in [0.2, 0.25) is 0 Å². The molecule has 0 bridgehead atoms. The predicted octanol–water partition coefficient (Wildman–Crippen LogP) is 2.53. The van der Waals surface area contributed by atoms with Crippen LogP contribution in [-0.2, 0) is 14.3 Å². The Morgan fingerprint density at radius 3 is 2.24 bits per heavy atom.